The van der Waals surface area contributed by atoms with Crippen LogP contribution in [0.4, 0.5) is 0 Å². The van der Waals surface area contributed by atoms with Gasteiger partial charge in [0, 0.05) is 0 Å². The summed E-state index contributed by atoms with van der Waals surface area (Å²) in [5.74, 6) is 0. The molecule has 3 heteroatoms. The monoisotopic (exact) mass is 402 g/mol. The Labute approximate surface area is 106 Å². The molecule has 0 bridgehead atoms. The fraction of sp³-hybridized carbons (Fsp3) is 0. The molecule has 2 aromatic carbocycles. The fourth-order valence-corrected chi connectivity index (χ4v) is 11.5. The molecule has 15 heavy (non-hydrogen) atoms. The molecule has 0 saturated heterocycles. The van der Waals surface area contributed by atoms with Crippen molar-refractivity contribution in [2.45, 2.75) is 0 Å². The van der Waals surface area contributed by atoms with Crippen molar-refractivity contribution in [3.63, 3.8) is 0 Å². The zero-order chi connectivity index (χ0) is 10.7. The summed E-state index contributed by atoms with van der Waals surface area (Å²) in [6, 6.07) is 21.2. The molecular formula is C12H10Br2Zr. The summed E-state index contributed by atoms with van der Waals surface area (Å²) in [6.45, 7) is 0. The minimum atomic E-state index is -2.62. The molecule has 0 aliphatic heterocycles. The Morgan fingerprint density at radius 3 is 1.27 bits per heavy atom. The van der Waals surface area contributed by atoms with Crippen LogP contribution >= 0.6 is 24.4 Å². The second-order valence-corrected chi connectivity index (χ2v) is 29.3. The summed E-state index contributed by atoms with van der Waals surface area (Å²) in [5.41, 5.74) is 0. The molecule has 0 amide bonds. The molecule has 2 aromatic rings. The van der Waals surface area contributed by atoms with Crippen LogP contribution < -0.4 is 6.54 Å². The van der Waals surface area contributed by atoms with Crippen LogP contribution in [-0.2, 0) is 15.6 Å². The third-order valence-electron chi connectivity index (χ3n) is 2.27. The van der Waals surface area contributed by atoms with E-state index in [1.54, 1.807) is 0 Å². The van der Waals surface area contributed by atoms with Gasteiger partial charge in [0.1, 0.15) is 0 Å². The summed E-state index contributed by atoms with van der Waals surface area (Å²) >= 11 is 5.23. The molecule has 0 atom stereocenters. The Bertz CT molecular complexity index is 384. The van der Waals surface area contributed by atoms with E-state index in [9.17, 15) is 0 Å². The van der Waals surface area contributed by atoms with Crippen molar-refractivity contribution in [3.05, 3.63) is 60.7 Å². The molecule has 0 aliphatic rings. The standard InChI is InChI=1S/2C6H5.2BrH.Zr/c2*1-2-4-6-5-3-1;;;/h2*1-5H;2*1H;/q;;;;+2/p-2. The van der Waals surface area contributed by atoms with E-state index < -0.39 is 15.6 Å². The number of rotatable bonds is 2. The molecule has 0 unspecified atom stereocenters. The summed E-state index contributed by atoms with van der Waals surface area (Å²) in [5, 5.41) is 0. The molecule has 0 aromatic heterocycles. The molecule has 0 saturated carbocycles. The molecule has 0 aliphatic carbocycles. The number of benzene rings is 2. The molecule has 0 fully saturated rings. The van der Waals surface area contributed by atoms with Gasteiger partial charge in [0.05, 0.1) is 0 Å². The van der Waals surface area contributed by atoms with Crippen LogP contribution in [0.2, 0.25) is 0 Å². The van der Waals surface area contributed by atoms with Crippen molar-refractivity contribution >= 4 is 31.0 Å². The Morgan fingerprint density at radius 2 is 0.933 bits per heavy atom. The summed E-state index contributed by atoms with van der Waals surface area (Å²) < 4.78 is 2.80. The van der Waals surface area contributed by atoms with Gasteiger partial charge in [-0.25, -0.2) is 0 Å². The summed E-state index contributed by atoms with van der Waals surface area (Å²) in [6.07, 6.45) is 0. The van der Waals surface area contributed by atoms with Gasteiger partial charge < -0.3 is 0 Å². The SMILES string of the molecule is [Br][Zr]([Br])([c]1ccccc1)[c]1ccccc1. The quantitative estimate of drug-likeness (QED) is 0.719. The Hall–Kier alpha value is 0.283. The maximum absolute atomic E-state index is 3.92. The average Bonchev–Trinajstić information content (AvgIpc) is 2.31. The van der Waals surface area contributed by atoms with Gasteiger partial charge >= 0.3 is 107 Å². The van der Waals surface area contributed by atoms with Crippen LogP contribution in [0, 0.1) is 0 Å². The molecule has 0 radical (unpaired) electrons. The van der Waals surface area contributed by atoms with E-state index in [1.165, 1.54) is 6.54 Å². The maximum atomic E-state index is 3.92. The third kappa shape index (κ3) is 2.69. The molecule has 0 N–H and O–H groups in total. The van der Waals surface area contributed by atoms with Crippen molar-refractivity contribution < 1.29 is 15.6 Å². The van der Waals surface area contributed by atoms with Crippen LogP contribution in [0.25, 0.3) is 0 Å². The Kier molecular flexibility index (Phi) is 3.98. The van der Waals surface area contributed by atoms with E-state index in [-0.39, 0.29) is 0 Å². The van der Waals surface area contributed by atoms with Crippen molar-refractivity contribution in [2.75, 3.05) is 0 Å². The minimum absolute atomic E-state index is 1.40. The van der Waals surface area contributed by atoms with Crippen LogP contribution in [-0.4, -0.2) is 0 Å². The van der Waals surface area contributed by atoms with E-state index in [1.807, 2.05) is 0 Å². The topological polar surface area (TPSA) is 0 Å². The van der Waals surface area contributed by atoms with Gasteiger partial charge in [-0.15, -0.1) is 0 Å². The molecule has 0 heterocycles. The van der Waals surface area contributed by atoms with Crippen molar-refractivity contribution in [3.8, 4) is 0 Å². The van der Waals surface area contributed by atoms with Gasteiger partial charge in [0.2, 0.25) is 0 Å². The first-order valence-electron chi connectivity index (χ1n) is 4.70. The first-order chi connectivity index (χ1) is 7.21. The van der Waals surface area contributed by atoms with Gasteiger partial charge in [0.15, 0.2) is 0 Å². The van der Waals surface area contributed by atoms with E-state index in [0.717, 1.165) is 0 Å². The van der Waals surface area contributed by atoms with Crippen LogP contribution in [0.1, 0.15) is 0 Å². The molecule has 0 spiro atoms. The van der Waals surface area contributed by atoms with Gasteiger partial charge in [-0.05, 0) is 0 Å². The first kappa shape index (κ1) is 11.8. The zero-order valence-electron chi connectivity index (χ0n) is 8.03. The third-order valence-corrected chi connectivity index (χ3v) is 18.3. The van der Waals surface area contributed by atoms with Gasteiger partial charge in [-0.2, -0.15) is 0 Å². The van der Waals surface area contributed by atoms with Gasteiger partial charge in [-0.3, -0.25) is 0 Å². The van der Waals surface area contributed by atoms with E-state index in [2.05, 4.69) is 85.1 Å². The summed E-state index contributed by atoms with van der Waals surface area (Å²) in [4.78, 5) is 0. The fourth-order valence-electron chi connectivity index (χ4n) is 1.46. The predicted molar refractivity (Wildman–Crippen MR) is 70.0 cm³/mol. The zero-order valence-corrected chi connectivity index (χ0v) is 13.7. The first-order valence-corrected chi connectivity index (χ1v) is 18.4. The van der Waals surface area contributed by atoms with Crippen LogP contribution in [0.5, 0.6) is 0 Å². The van der Waals surface area contributed by atoms with Crippen molar-refractivity contribution in [1.29, 1.82) is 0 Å². The number of hydrogen-bond acceptors (Lipinski definition) is 0. The Balaban J connectivity index is 2.44. The number of halogens is 2. The van der Waals surface area contributed by atoms with E-state index in [0.29, 0.717) is 0 Å². The molecular weight excluding hydrogens is 395 g/mol. The second-order valence-electron chi connectivity index (χ2n) is 3.31. The Morgan fingerprint density at radius 1 is 0.600 bits per heavy atom. The second kappa shape index (κ2) is 5.08. The molecule has 76 valence electrons. The number of hydrogen-bond donors (Lipinski definition) is 0. The van der Waals surface area contributed by atoms with E-state index >= 15 is 0 Å². The predicted octanol–water partition coefficient (Wildman–Crippen LogP) is 3.41. The van der Waals surface area contributed by atoms with E-state index in [4.69, 9.17) is 0 Å². The average molecular weight is 405 g/mol. The molecule has 0 nitrogen and oxygen atoms in total. The van der Waals surface area contributed by atoms with Crippen LogP contribution in [0.15, 0.2) is 60.7 Å². The van der Waals surface area contributed by atoms with Crippen molar-refractivity contribution in [2.24, 2.45) is 0 Å². The normalized spacial score (nSPS) is 11.3. The van der Waals surface area contributed by atoms with Gasteiger partial charge in [0.25, 0.3) is 0 Å². The van der Waals surface area contributed by atoms with Crippen LogP contribution in [0.3, 0.4) is 0 Å². The summed E-state index contributed by atoms with van der Waals surface area (Å²) in [7, 11) is 0. The van der Waals surface area contributed by atoms with Crippen molar-refractivity contribution in [1.82, 2.24) is 0 Å². The molecule has 2 rings (SSSR count). The van der Waals surface area contributed by atoms with Gasteiger partial charge in [-0.1, -0.05) is 0 Å².